The molecule has 7 heteroatoms. The van der Waals surface area contributed by atoms with Crippen LogP contribution in [0, 0.1) is 10.1 Å². The first-order valence-corrected chi connectivity index (χ1v) is 8.50. The molecule has 2 rings (SSSR count). The molecule has 0 atom stereocenters. The topological polar surface area (TPSA) is 64.7 Å². The fourth-order valence-corrected chi connectivity index (χ4v) is 3.21. The van der Waals surface area contributed by atoms with Gasteiger partial charge in [-0.3, -0.25) is 15.1 Å². The van der Waals surface area contributed by atoms with Crippen LogP contribution in [0.2, 0.25) is 0 Å². The predicted molar refractivity (Wildman–Crippen MR) is 98.0 cm³/mol. The van der Waals surface area contributed by atoms with Crippen molar-refractivity contribution in [3.05, 3.63) is 61.0 Å². The minimum atomic E-state index is -0.435. The number of nitro groups is 1. The highest BCUT2D eigenvalue weighted by Gasteiger charge is 2.09. The number of non-ortho nitro benzene ring substituents is 1. The van der Waals surface area contributed by atoms with Crippen LogP contribution < -0.4 is 4.74 Å². The third-order valence-electron chi connectivity index (χ3n) is 2.90. The summed E-state index contributed by atoms with van der Waals surface area (Å²) in [5.41, 5.74) is 1.49. The molecule has 0 aliphatic carbocycles. The molecule has 0 aliphatic heterocycles. The molecule has 0 bridgehead atoms. The Morgan fingerprint density at radius 2 is 1.96 bits per heavy atom. The molecule has 2 aromatic carbocycles. The summed E-state index contributed by atoms with van der Waals surface area (Å²) in [6, 6.07) is 9.89. The van der Waals surface area contributed by atoms with Gasteiger partial charge in [0, 0.05) is 28.4 Å². The smallest absolute Gasteiger partial charge is 0.269 e. The van der Waals surface area contributed by atoms with Crippen LogP contribution in [0.15, 0.2) is 50.3 Å². The van der Waals surface area contributed by atoms with Crippen molar-refractivity contribution in [1.29, 1.82) is 0 Å². The Labute approximate surface area is 150 Å². The molecular weight excluding hydrogens is 428 g/mol. The van der Waals surface area contributed by atoms with E-state index in [1.807, 2.05) is 19.1 Å². The van der Waals surface area contributed by atoms with Crippen molar-refractivity contribution in [2.24, 2.45) is 4.99 Å². The van der Waals surface area contributed by atoms with Gasteiger partial charge in [0.15, 0.2) is 0 Å². The van der Waals surface area contributed by atoms with E-state index in [4.69, 9.17) is 4.74 Å². The monoisotopic (exact) mass is 440 g/mol. The fraction of sp³-hybridized carbons (Fsp3) is 0.188. The second kappa shape index (κ2) is 8.21. The van der Waals surface area contributed by atoms with Crippen molar-refractivity contribution in [1.82, 2.24) is 0 Å². The standard InChI is InChI=1S/C16H14Br2N2O3/c1-2-7-23-16-11(8-12(17)9-15(16)18)10-19-13-3-5-14(6-4-13)20(21)22/h3-6,8-10H,2,7H2,1H3. The molecule has 0 unspecified atom stereocenters. The molecule has 0 aliphatic rings. The van der Waals surface area contributed by atoms with Crippen molar-refractivity contribution in [2.45, 2.75) is 13.3 Å². The zero-order valence-electron chi connectivity index (χ0n) is 12.3. The highest BCUT2D eigenvalue weighted by atomic mass is 79.9. The Morgan fingerprint density at radius 3 is 2.57 bits per heavy atom. The summed E-state index contributed by atoms with van der Waals surface area (Å²) in [7, 11) is 0. The molecule has 120 valence electrons. The fourth-order valence-electron chi connectivity index (χ4n) is 1.84. The van der Waals surface area contributed by atoms with Crippen molar-refractivity contribution in [2.75, 3.05) is 6.61 Å². The second-order valence-corrected chi connectivity index (χ2v) is 6.46. The summed E-state index contributed by atoms with van der Waals surface area (Å²) >= 11 is 6.93. The van der Waals surface area contributed by atoms with Crippen LogP contribution in [0.3, 0.4) is 0 Å². The van der Waals surface area contributed by atoms with E-state index in [0.29, 0.717) is 12.3 Å². The molecule has 0 aromatic heterocycles. The number of halogens is 2. The van der Waals surface area contributed by atoms with Gasteiger partial charge in [-0.1, -0.05) is 22.9 Å². The van der Waals surface area contributed by atoms with Gasteiger partial charge in [0.2, 0.25) is 0 Å². The molecule has 23 heavy (non-hydrogen) atoms. The van der Waals surface area contributed by atoms with Gasteiger partial charge < -0.3 is 4.74 Å². The first-order chi connectivity index (χ1) is 11.0. The normalized spacial score (nSPS) is 10.9. The molecule has 0 saturated heterocycles. The Bertz CT molecular complexity index is 731. The van der Waals surface area contributed by atoms with Crippen LogP contribution in [-0.2, 0) is 0 Å². The molecule has 0 N–H and O–H groups in total. The molecule has 0 spiro atoms. The first kappa shape index (κ1) is 17.6. The van der Waals surface area contributed by atoms with Crippen LogP contribution in [0.4, 0.5) is 11.4 Å². The quantitative estimate of drug-likeness (QED) is 0.330. The van der Waals surface area contributed by atoms with Crippen molar-refractivity contribution < 1.29 is 9.66 Å². The number of hydrogen-bond donors (Lipinski definition) is 0. The summed E-state index contributed by atoms with van der Waals surface area (Å²) < 4.78 is 7.50. The summed E-state index contributed by atoms with van der Waals surface area (Å²) in [6.07, 6.45) is 2.59. The largest absolute Gasteiger partial charge is 0.492 e. The average Bonchev–Trinajstić information content (AvgIpc) is 2.52. The number of nitro benzene ring substituents is 1. The zero-order valence-corrected chi connectivity index (χ0v) is 15.5. The highest BCUT2D eigenvalue weighted by Crippen LogP contribution is 2.32. The maximum absolute atomic E-state index is 10.7. The Hall–Kier alpha value is -1.73. The number of benzene rings is 2. The molecule has 0 amide bonds. The number of hydrogen-bond acceptors (Lipinski definition) is 4. The lowest BCUT2D eigenvalue weighted by atomic mass is 10.2. The lowest BCUT2D eigenvalue weighted by Crippen LogP contribution is -1.99. The third-order valence-corrected chi connectivity index (χ3v) is 3.95. The second-order valence-electron chi connectivity index (χ2n) is 4.69. The van der Waals surface area contributed by atoms with E-state index in [0.717, 1.165) is 26.7 Å². The van der Waals surface area contributed by atoms with Gasteiger partial charge >= 0.3 is 0 Å². The number of nitrogens with zero attached hydrogens (tertiary/aromatic N) is 2. The molecule has 5 nitrogen and oxygen atoms in total. The minimum absolute atomic E-state index is 0.0427. The maximum Gasteiger partial charge on any atom is 0.269 e. The van der Waals surface area contributed by atoms with Crippen molar-refractivity contribution >= 4 is 49.4 Å². The van der Waals surface area contributed by atoms with E-state index in [-0.39, 0.29) is 5.69 Å². The summed E-state index contributed by atoms with van der Waals surface area (Å²) in [5.74, 6) is 0.723. The number of rotatable bonds is 6. The van der Waals surface area contributed by atoms with Crippen LogP contribution in [0.1, 0.15) is 18.9 Å². The third kappa shape index (κ3) is 4.87. The van der Waals surface area contributed by atoms with Gasteiger partial charge in [-0.25, -0.2) is 0 Å². The van der Waals surface area contributed by atoms with Crippen LogP contribution in [-0.4, -0.2) is 17.7 Å². The van der Waals surface area contributed by atoms with Crippen LogP contribution in [0.25, 0.3) is 0 Å². The number of aliphatic imine (C=N–C) groups is 1. The van der Waals surface area contributed by atoms with Gasteiger partial charge in [0.05, 0.1) is 21.7 Å². The molecule has 2 aromatic rings. The highest BCUT2D eigenvalue weighted by molar-refractivity contribution is 9.11. The van der Waals surface area contributed by atoms with E-state index < -0.39 is 4.92 Å². The molecular formula is C16H14Br2N2O3. The van der Waals surface area contributed by atoms with Gasteiger partial charge in [-0.05, 0) is 46.6 Å². The summed E-state index contributed by atoms with van der Waals surface area (Å²) in [4.78, 5) is 14.6. The van der Waals surface area contributed by atoms with Gasteiger partial charge in [0.1, 0.15) is 5.75 Å². The Morgan fingerprint density at radius 1 is 1.26 bits per heavy atom. The van der Waals surface area contributed by atoms with E-state index in [2.05, 4.69) is 36.9 Å². The average molecular weight is 442 g/mol. The first-order valence-electron chi connectivity index (χ1n) is 6.91. The lowest BCUT2D eigenvalue weighted by Gasteiger charge is -2.11. The van der Waals surface area contributed by atoms with E-state index in [9.17, 15) is 10.1 Å². The molecule has 0 fully saturated rings. The lowest BCUT2D eigenvalue weighted by molar-refractivity contribution is -0.384. The zero-order chi connectivity index (χ0) is 16.8. The Balaban J connectivity index is 2.28. The van der Waals surface area contributed by atoms with Crippen LogP contribution in [0.5, 0.6) is 5.75 Å². The van der Waals surface area contributed by atoms with Crippen LogP contribution >= 0.6 is 31.9 Å². The van der Waals surface area contributed by atoms with Gasteiger partial charge in [-0.15, -0.1) is 0 Å². The SMILES string of the molecule is CCCOc1c(Br)cc(Br)cc1C=Nc1ccc([N+](=O)[O-])cc1. The van der Waals surface area contributed by atoms with E-state index in [1.54, 1.807) is 18.3 Å². The summed E-state index contributed by atoms with van der Waals surface area (Å²) in [5, 5.41) is 10.7. The Kier molecular flexibility index (Phi) is 6.29. The van der Waals surface area contributed by atoms with E-state index in [1.165, 1.54) is 12.1 Å². The minimum Gasteiger partial charge on any atom is -0.492 e. The maximum atomic E-state index is 10.7. The van der Waals surface area contributed by atoms with Crippen molar-refractivity contribution in [3.63, 3.8) is 0 Å². The van der Waals surface area contributed by atoms with E-state index >= 15 is 0 Å². The van der Waals surface area contributed by atoms with Crippen molar-refractivity contribution in [3.8, 4) is 5.75 Å². The van der Waals surface area contributed by atoms with Gasteiger partial charge in [-0.2, -0.15) is 0 Å². The molecule has 0 saturated carbocycles. The number of ether oxygens (including phenoxy) is 1. The van der Waals surface area contributed by atoms with Gasteiger partial charge in [0.25, 0.3) is 5.69 Å². The predicted octanol–water partition coefficient (Wildman–Crippen LogP) is 5.66. The molecule has 0 heterocycles. The summed E-state index contributed by atoms with van der Waals surface area (Å²) in [6.45, 7) is 2.65. The molecule has 0 radical (unpaired) electrons.